The lowest BCUT2D eigenvalue weighted by Crippen LogP contribution is -2.42. The second kappa shape index (κ2) is 6.22. The molecule has 3 nitrogen and oxygen atoms in total. The Morgan fingerprint density at radius 1 is 1.23 bits per heavy atom. The minimum Gasteiger partial charge on any atom is -0.491 e. The number of hydrogen-bond acceptors (Lipinski definition) is 2. The first kappa shape index (κ1) is 14.6. The molecule has 0 spiro atoms. The van der Waals surface area contributed by atoms with Crippen molar-refractivity contribution in [3.8, 4) is 5.75 Å². The van der Waals surface area contributed by atoms with Crippen LogP contribution in [0, 0.1) is 6.92 Å². The van der Waals surface area contributed by atoms with E-state index in [4.69, 9.17) is 4.74 Å². The molecule has 1 amide bonds. The van der Waals surface area contributed by atoms with Gasteiger partial charge in [-0.15, -0.1) is 0 Å². The summed E-state index contributed by atoms with van der Waals surface area (Å²) >= 11 is 0. The van der Waals surface area contributed by atoms with E-state index in [-0.39, 0.29) is 11.9 Å². The number of hydrogen-bond donors (Lipinski definition) is 1. The summed E-state index contributed by atoms with van der Waals surface area (Å²) in [6.45, 7) is 4.67. The highest BCUT2D eigenvalue weighted by Gasteiger charge is 2.22. The highest BCUT2D eigenvalue weighted by molar-refractivity contribution is 5.94. The predicted molar refractivity (Wildman–Crippen MR) is 87.5 cm³/mol. The Balaban J connectivity index is 1.67. The second-order valence-corrected chi connectivity index (χ2v) is 5.85. The fourth-order valence-corrected chi connectivity index (χ4v) is 2.70. The minimum absolute atomic E-state index is 0.0220. The lowest BCUT2D eigenvalue weighted by atomic mass is 9.99. The predicted octanol–water partition coefficient (Wildman–Crippen LogP) is 3.29. The van der Waals surface area contributed by atoms with Gasteiger partial charge in [0.1, 0.15) is 12.4 Å². The standard InChI is InChI=1S/C19H21NO2/c1-3-14-6-9-16-11-17(12-22-18(16)10-14)20-19(21)15-7-4-13(2)5-8-15/h4-10,17H,3,11-12H2,1-2H3,(H,20,21). The topological polar surface area (TPSA) is 38.3 Å². The summed E-state index contributed by atoms with van der Waals surface area (Å²) in [7, 11) is 0. The Morgan fingerprint density at radius 3 is 2.73 bits per heavy atom. The summed E-state index contributed by atoms with van der Waals surface area (Å²) in [5.41, 5.74) is 4.29. The SMILES string of the molecule is CCc1ccc2c(c1)OCC(NC(=O)c1ccc(C)cc1)C2. The van der Waals surface area contributed by atoms with Crippen molar-refractivity contribution in [2.24, 2.45) is 0 Å². The molecule has 2 aromatic rings. The molecule has 2 aromatic carbocycles. The Kier molecular flexibility index (Phi) is 4.14. The van der Waals surface area contributed by atoms with Gasteiger partial charge < -0.3 is 10.1 Å². The number of amides is 1. The largest absolute Gasteiger partial charge is 0.491 e. The lowest BCUT2D eigenvalue weighted by molar-refractivity contribution is 0.0915. The van der Waals surface area contributed by atoms with E-state index in [1.807, 2.05) is 31.2 Å². The van der Waals surface area contributed by atoms with E-state index in [0.717, 1.165) is 29.7 Å². The van der Waals surface area contributed by atoms with Crippen molar-refractivity contribution in [1.29, 1.82) is 0 Å². The van der Waals surface area contributed by atoms with Crippen LogP contribution in [0.1, 0.15) is 34.0 Å². The molecule has 1 heterocycles. The first-order valence-corrected chi connectivity index (χ1v) is 7.78. The zero-order valence-corrected chi connectivity index (χ0v) is 13.1. The molecule has 1 aliphatic heterocycles. The van der Waals surface area contributed by atoms with Crippen LogP contribution in [-0.2, 0) is 12.8 Å². The van der Waals surface area contributed by atoms with E-state index in [9.17, 15) is 4.79 Å². The van der Waals surface area contributed by atoms with Crippen molar-refractivity contribution in [2.45, 2.75) is 32.7 Å². The van der Waals surface area contributed by atoms with Gasteiger partial charge in [-0.2, -0.15) is 0 Å². The number of nitrogens with one attached hydrogen (secondary N) is 1. The minimum atomic E-state index is -0.0396. The molecule has 0 aliphatic carbocycles. The Labute approximate surface area is 131 Å². The molecule has 0 saturated carbocycles. The van der Waals surface area contributed by atoms with Crippen LogP contribution in [0.3, 0.4) is 0 Å². The van der Waals surface area contributed by atoms with Gasteiger partial charge in [-0.25, -0.2) is 0 Å². The van der Waals surface area contributed by atoms with E-state index in [2.05, 4.69) is 30.4 Å². The summed E-state index contributed by atoms with van der Waals surface area (Å²) < 4.78 is 5.82. The van der Waals surface area contributed by atoms with Crippen LogP contribution in [0.15, 0.2) is 42.5 Å². The number of aryl methyl sites for hydroxylation is 2. The van der Waals surface area contributed by atoms with Crippen molar-refractivity contribution in [3.05, 3.63) is 64.7 Å². The van der Waals surface area contributed by atoms with E-state index < -0.39 is 0 Å². The first-order valence-electron chi connectivity index (χ1n) is 7.78. The van der Waals surface area contributed by atoms with Gasteiger partial charge in [0.25, 0.3) is 5.91 Å². The van der Waals surface area contributed by atoms with Gasteiger partial charge >= 0.3 is 0 Å². The summed E-state index contributed by atoms with van der Waals surface area (Å²) in [6, 6.07) is 14.0. The molecule has 1 aliphatic rings. The number of carbonyl (C=O) groups excluding carboxylic acids is 1. The number of fused-ring (bicyclic) bond motifs is 1. The molecule has 22 heavy (non-hydrogen) atoms. The van der Waals surface area contributed by atoms with Crippen LogP contribution < -0.4 is 10.1 Å². The van der Waals surface area contributed by atoms with Gasteiger partial charge in [-0.3, -0.25) is 4.79 Å². The molecule has 0 bridgehead atoms. The molecule has 3 heteroatoms. The average molecular weight is 295 g/mol. The maximum absolute atomic E-state index is 12.3. The first-order chi connectivity index (χ1) is 10.7. The maximum atomic E-state index is 12.3. The fourth-order valence-electron chi connectivity index (χ4n) is 2.70. The molecule has 0 saturated heterocycles. The molecule has 1 atom stereocenters. The van der Waals surface area contributed by atoms with E-state index in [1.165, 1.54) is 5.56 Å². The molecule has 0 fully saturated rings. The van der Waals surface area contributed by atoms with Crippen molar-refractivity contribution in [1.82, 2.24) is 5.32 Å². The van der Waals surface area contributed by atoms with Gasteiger partial charge in [-0.1, -0.05) is 36.8 Å². The van der Waals surface area contributed by atoms with Crippen LogP contribution >= 0.6 is 0 Å². The fraction of sp³-hybridized carbons (Fsp3) is 0.316. The smallest absolute Gasteiger partial charge is 0.251 e. The van der Waals surface area contributed by atoms with Crippen molar-refractivity contribution < 1.29 is 9.53 Å². The van der Waals surface area contributed by atoms with Crippen molar-refractivity contribution >= 4 is 5.91 Å². The Hall–Kier alpha value is -2.29. The van der Waals surface area contributed by atoms with Gasteiger partial charge in [0.15, 0.2) is 0 Å². The van der Waals surface area contributed by atoms with Gasteiger partial charge in [0.05, 0.1) is 6.04 Å². The van der Waals surface area contributed by atoms with Gasteiger partial charge in [0.2, 0.25) is 0 Å². The van der Waals surface area contributed by atoms with Crippen LogP contribution in [0.4, 0.5) is 0 Å². The van der Waals surface area contributed by atoms with Crippen molar-refractivity contribution in [3.63, 3.8) is 0 Å². The summed E-state index contributed by atoms with van der Waals surface area (Å²) in [4.78, 5) is 12.3. The highest BCUT2D eigenvalue weighted by Crippen LogP contribution is 2.26. The molecule has 1 N–H and O–H groups in total. The molecule has 0 radical (unpaired) electrons. The molecule has 114 valence electrons. The lowest BCUT2D eigenvalue weighted by Gasteiger charge is -2.26. The van der Waals surface area contributed by atoms with Crippen LogP contribution in [0.5, 0.6) is 5.75 Å². The number of benzene rings is 2. The van der Waals surface area contributed by atoms with Gasteiger partial charge in [0, 0.05) is 5.56 Å². The highest BCUT2D eigenvalue weighted by atomic mass is 16.5. The van der Waals surface area contributed by atoms with Crippen LogP contribution in [0.25, 0.3) is 0 Å². The summed E-state index contributed by atoms with van der Waals surface area (Å²) in [5.74, 6) is 0.919. The van der Waals surface area contributed by atoms with E-state index in [0.29, 0.717) is 12.2 Å². The normalized spacial score (nSPS) is 16.5. The maximum Gasteiger partial charge on any atom is 0.251 e. The summed E-state index contributed by atoms with van der Waals surface area (Å²) in [6.07, 6.45) is 1.82. The van der Waals surface area contributed by atoms with Crippen LogP contribution in [0.2, 0.25) is 0 Å². The number of ether oxygens (including phenoxy) is 1. The number of rotatable bonds is 3. The molecule has 1 unspecified atom stereocenters. The second-order valence-electron chi connectivity index (χ2n) is 5.85. The summed E-state index contributed by atoms with van der Waals surface area (Å²) in [5, 5.41) is 3.06. The van der Waals surface area contributed by atoms with Crippen molar-refractivity contribution in [2.75, 3.05) is 6.61 Å². The number of carbonyl (C=O) groups is 1. The molecule has 0 aromatic heterocycles. The molecular formula is C19H21NO2. The average Bonchev–Trinajstić information content (AvgIpc) is 2.55. The van der Waals surface area contributed by atoms with Crippen LogP contribution in [-0.4, -0.2) is 18.6 Å². The zero-order valence-electron chi connectivity index (χ0n) is 13.1. The Morgan fingerprint density at radius 2 is 2.00 bits per heavy atom. The molecular weight excluding hydrogens is 274 g/mol. The third-order valence-electron chi connectivity index (χ3n) is 4.10. The molecule has 3 rings (SSSR count). The van der Waals surface area contributed by atoms with Gasteiger partial charge in [-0.05, 0) is 49.1 Å². The monoisotopic (exact) mass is 295 g/mol. The van der Waals surface area contributed by atoms with E-state index in [1.54, 1.807) is 0 Å². The Bertz CT molecular complexity index is 676. The zero-order chi connectivity index (χ0) is 15.5. The third-order valence-corrected chi connectivity index (χ3v) is 4.10. The van der Waals surface area contributed by atoms with E-state index >= 15 is 0 Å². The quantitative estimate of drug-likeness (QED) is 0.943. The third kappa shape index (κ3) is 3.14.